The van der Waals surface area contributed by atoms with Gasteiger partial charge in [-0.05, 0) is 25.0 Å². The van der Waals surface area contributed by atoms with Crippen molar-refractivity contribution in [2.24, 2.45) is 0 Å². The van der Waals surface area contributed by atoms with Crippen molar-refractivity contribution in [1.29, 1.82) is 0 Å². The number of unbranched alkanes of at least 4 members (excludes halogenated alkanes) is 1. The van der Waals surface area contributed by atoms with E-state index in [2.05, 4.69) is 5.32 Å². The number of amides is 1. The zero-order chi connectivity index (χ0) is 18.2. The largest absolute Gasteiger partial charge is 0.343 e. The number of hydrogen-bond acceptors (Lipinski definition) is 4. The first-order chi connectivity index (χ1) is 12.7. The van der Waals surface area contributed by atoms with Crippen molar-refractivity contribution in [2.75, 3.05) is 18.5 Å². The van der Waals surface area contributed by atoms with Gasteiger partial charge in [-0.15, -0.1) is 0 Å². The lowest BCUT2D eigenvalue weighted by atomic mass is 9.98. The Morgan fingerprint density at radius 3 is 2.15 bits per heavy atom. The summed E-state index contributed by atoms with van der Waals surface area (Å²) in [7, 11) is 0. The number of carbonyl (C=O) groups is 2. The lowest BCUT2D eigenvalue weighted by Crippen LogP contribution is -2.27. The van der Waals surface area contributed by atoms with Crippen molar-refractivity contribution in [1.82, 2.24) is 0 Å². The van der Waals surface area contributed by atoms with Gasteiger partial charge >= 0.3 is 0 Å². The highest BCUT2D eigenvalue weighted by Crippen LogP contribution is 2.36. The van der Waals surface area contributed by atoms with Gasteiger partial charge in [0.15, 0.2) is 5.79 Å². The van der Waals surface area contributed by atoms with E-state index in [1.165, 1.54) is 0 Å². The van der Waals surface area contributed by atoms with Gasteiger partial charge in [-0.25, -0.2) is 0 Å². The van der Waals surface area contributed by atoms with Crippen LogP contribution in [0.25, 0.3) is 0 Å². The monoisotopic (exact) mass is 353 g/mol. The molecular formula is C21H23NO4. The van der Waals surface area contributed by atoms with Crippen LogP contribution in [0.3, 0.4) is 0 Å². The van der Waals surface area contributed by atoms with Gasteiger partial charge in [0.1, 0.15) is 0 Å². The molecule has 5 heteroatoms. The first-order valence-corrected chi connectivity index (χ1v) is 8.92. The summed E-state index contributed by atoms with van der Waals surface area (Å²) in [5.41, 5.74) is 1.62. The summed E-state index contributed by atoms with van der Waals surface area (Å²) in [5.74, 6) is -1.70. The van der Waals surface area contributed by atoms with Crippen molar-refractivity contribution in [3.05, 3.63) is 66.2 Å². The van der Waals surface area contributed by atoms with Gasteiger partial charge in [0.05, 0.1) is 13.2 Å². The maximum absolute atomic E-state index is 12.0. The minimum atomic E-state index is -0.726. The summed E-state index contributed by atoms with van der Waals surface area (Å²) in [4.78, 5) is 24.0. The molecule has 0 aromatic heterocycles. The molecule has 0 radical (unpaired) electrons. The van der Waals surface area contributed by atoms with Gasteiger partial charge in [-0.2, -0.15) is 0 Å². The Balaban J connectivity index is 1.47. The SMILES string of the molecule is O=C(CCCCC1(c2ccccc2)OCCO1)C(=O)Nc1ccccc1. The molecule has 0 bridgehead atoms. The Morgan fingerprint density at radius 1 is 0.885 bits per heavy atom. The number of hydrogen-bond donors (Lipinski definition) is 1. The predicted octanol–water partition coefficient (Wildman–Crippen LogP) is 3.65. The number of anilines is 1. The molecule has 0 aliphatic carbocycles. The molecule has 1 fully saturated rings. The maximum Gasteiger partial charge on any atom is 0.291 e. The second-order valence-corrected chi connectivity index (χ2v) is 6.27. The van der Waals surface area contributed by atoms with Gasteiger partial charge in [0.2, 0.25) is 5.78 Å². The molecular weight excluding hydrogens is 330 g/mol. The van der Waals surface area contributed by atoms with E-state index >= 15 is 0 Å². The Morgan fingerprint density at radius 2 is 1.50 bits per heavy atom. The summed E-state index contributed by atoms with van der Waals surface area (Å²) in [5, 5.41) is 2.62. The average Bonchev–Trinajstić information content (AvgIpc) is 3.17. The van der Waals surface area contributed by atoms with Crippen LogP contribution in [0.1, 0.15) is 31.2 Å². The second kappa shape index (κ2) is 8.74. The van der Waals surface area contributed by atoms with Crippen molar-refractivity contribution in [2.45, 2.75) is 31.5 Å². The fourth-order valence-corrected chi connectivity index (χ4v) is 3.08. The molecule has 2 aromatic rings. The first-order valence-electron chi connectivity index (χ1n) is 8.92. The summed E-state index contributed by atoms with van der Waals surface area (Å²) in [6, 6.07) is 18.8. The molecule has 1 aliphatic rings. The number of nitrogens with one attached hydrogen (secondary N) is 1. The number of ether oxygens (including phenoxy) is 2. The smallest absolute Gasteiger partial charge is 0.291 e. The average molecular weight is 353 g/mol. The summed E-state index contributed by atoms with van der Waals surface area (Å²) in [6.07, 6.45) is 2.22. The molecule has 1 N–H and O–H groups in total. The van der Waals surface area contributed by atoms with E-state index in [1.54, 1.807) is 12.1 Å². The molecule has 136 valence electrons. The quantitative estimate of drug-likeness (QED) is 0.581. The predicted molar refractivity (Wildman–Crippen MR) is 98.6 cm³/mol. The van der Waals surface area contributed by atoms with Crippen LogP contribution in [-0.2, 0) is 24.8 Å². The van der Waals surface area contributed by atoms with Crippen LogP contribution < -0.4 is 5.32 Å². The molecule has 1 aliphatic heterocycles. The highest BCUT2D eigenvalue weighted by Gasteiger charge is 2.37. The van der Waals surface area contributed by atoms with Crippen molar-refractivity contribution >= 4 is 17.4 Å². The second-order valence-electron chi connectivity index (χ2n) is 6.27. The number of Topliss-reactive ketones (excluding diaryl/α,β-unsaturated/α-hetero) is 1. The van der Waals surface area contributed by atoms with E-state index < -0.39 is 17.5 Å². The molecule has 5 nitrogen and oxygen atoms in total. The van der Waals surface area contributed by atoms with E-state index in [4.69, 9.17) is 9.47 Å². The molecule has 3 rings (SSSR count). The lowest BCUT2D eigenvalue weighted by molar-refractivity contribution is -0.171. The standard InChI is InChI=1S/C21H23NO4/c23-19(20(24)22-18-11-5-2-6-12-18)13-7-8-14-21(25-15-16-26-21)17-9-3-1-4-10-17/h1-6,9-12H,7-8,13-16H2,(H,22,24). The summed E-state index contributed by atoms with van der Waals surface area (Å²) < 4.78 is 11.7. The van der Waals surface area contributed by atoms with E-state index in [1.807, 2.05) is 48.5 Å². The minimum absolute atomic E-state index is 0.212. The third-order valence-electron chi connectivity index (χ3n) is 4.41. The lowest BCUT2D eigenvalue weighted by Gasteiger charge is -2.27. The Hall–Kier alpha value is -2.50. The number of para-hydroxylation sites is 1. The molecule has 1 amide bonds. The Kier molecular flexibility index (Phi) is 6.15. The molecule has 0 spiro atoms. The molecule has 1 heterocycles. The highest BCUT2D eigenvalue weighted by molar-refractivity contribution is 6.40. The van der Waals surface area contributed by atoms with Gasteiger partial charge in [0, 0.05) is 24.1 Å². The van der Waals surface area contributed by atoms with Crippen molar-refractivity contribution < 1.29 is 19.1 Å². The minimum Gasteiger partial charge on any atom is -0.343 e. The third-order valence-corrected chi connectivity index (χ3v) is 4.41. The van der Waals surface area contributed by atoms with Crippen LogP contribution in [-0.4, -0.2) is 24.9 Å². The fraction of sp³-hybridized carbons (Fsp3) is 0.333. The zero-order valence-electron chi connectivity index (χ0n) is 14.6. The van der Waals surface area contributed by atoms with Crippen LogP contribution in [0.4, 0.5) is 5.69 Å². The van der Waals surface area contributed by atoms with Crippen molar-refractivity contribution in [3.63, 3.8) is 0 Å². The van der Waals surface area contributed by atoms with Gasteiger partial charge in [0.25, 0.3) is 5.91 Å². The van der Waals surface area contributed by atoms with E-state index in [0.29, 0.717) is 31.7 Å². The number of carbonyl (C=O) groups excluding carboxylic acids is 2. The molecule has 1 saturated heterocycles. The van der Waals surface area contributed by atoms with Crippen LogP contribution in [0, 0.1) is 0 Å². The van der Waals surface area contributed by atoms with E-state index in [0.717, 1.165) is 12.0 Å². The van der Waals surface area contributed by atoms with Crippen LogP contribution >= 0.6 is 0 Å². The van der Waals surface area contributed by atoms with E-state index in [9.17, 15) is 9.59 Å². The van der Waals surface area contributed by atoms with E-state index in [-0.39, 0.29) is 6.42 Å². The summed E-state index contributed by atoms with van der Waals surface area (Å²) >= 11 is 0. The zero-order valence-corrected chi connectivity index (χ0v) is 14.6. The van der Waals surface area contributed by atoms with Crippen molar-refractivity contribution in [3.8, 4) is 0 Å². The fourth-order valence-electron chi connectivity index (χ4n) is 3.08. The Bertz CT molecular complexity index is 724. The molecule has 0 atom stereocenters. The van der Waals surface area contributed by atoms with Gasteiger partial charge in [-0.3, -0.25) is 9.59 Å². The van der Waals surface area contributed by atoms with Gasteiger partial charge < -0.3 is 14.8 Å². The van der Waals surface area contributed by atoms with Crippen LogP contribution in [0.15, 0.2) is 60.7 Å². The topological polar surface area (TPSA) is 64.6 Å². The Labute approximate surface area is 153 Å². The summed E-state index contributed by atoms with van der Waals surface area (Å²) in [6.45, 7) is 1.13. The third kappa shape index (κ3) is 4.56. The number of benzene rings is 2. The number of ketones is 1. The first kappa shape index (κ1) is 18.3. The number of rotatable bonds is 8. The molecule has 2 aromatic carbocycles. The van der Waals surface area contributed by atoms with Gasteiger partial charge in [-0.1, -0.05) is 48.5 Å². The molecule has 0 unspecified atom stereocenters. The highest BCUT2D eigenvalue weighted by atomic mass is 16.7. The molecule has 0 saturated carbocycles. The molecule has 26 heavy (non-hydrogen) atoms. The van der Waals surface area contributed by atoms with Crippen LogP contribution in [0.2, 0.25) is 0 Å². The maximum atomic E-state index is 12.0. The normalized spacial score (nSPS) is 15.5. The van der Waals surface area contributed by atoms with Crippen LogP contribution in [0.5, 0.6) is 0 Å².